The topological polar surface area (TPSA) is 37.3 Å². The normalized spacial score (nSPS) is 19.1. The molecule has 1 aromatic rings. The van der Waals surface area contributed by atoms with Gasteiger partial charge in [-0.05, 0) is 36.5 Å². The third-order valence-electron chi connectivity index (χ3n) is 3.50. The highest BCUT2D eigenvalue weighted by Crippen LogP contribution is 2.49. The summed E-state index contributed by atoms with van der Waals surface area (Å²) in [6.07, 6.45) is 2.46. The van der Waals surface area contributed by atoms with Crippen LogP contribution in [0.5, 0.6) is 0 Å². The van der Waals surface area contributed by atoms with Crippen LogP contribution < -0.4 is 0 Å². The first-order valence-corrected chi connectivity index (χ1v) is 5.88. The molecule has 0 heterocycles. The number of carboxylic acid groups (broad SMARTS) is 1. The third kappa shape index (κ3) is 2.22. The maximum absolute atomic E-state index is 11.0. The summed E-state index contributed by atoms with van der Waals surface area (Å²) in [5.41, 5.74) is 0.845. The van der Waals surface area contributed by atoms with Crippen molar-refractivity contribution < 1.29 is 9.90 Å². The van der Waals surface area contributed by atoms with Crippen LogP contribution in [0.3, 0.4) is 0 Å². The fourth-order valence-corrected chi connectivity index (χ4v) is 2.47. The summed E-state index contributed by atoms with van der Waals surface area (Å²) in [6, 6.07) is 7.56. The molecule has 0 saturated heterocycles. The van der Waals surface area contributed by atoms with Gasteiger partial charge in [-0.25, -0.2) is 0 Å². The first kappa shape index (κ1) is 11.5. The van der Waals surface area contributed by atoms with Gasteiger partial charge in [0.2, 0.25) is 0 Å². The van der Waals surface area contributed by atoms with Crippen molar-refractivity contribution in [1.29, 1.82) is 0 Å². The van der Waals surface area contributed by atoms with Gasteiger partial charge < -0.3 is 5.11 Å². The molecule has 16 heavy (non-hydrogen) atoms. The lowest BCUT2D eigenvalue weighted by molar-refractivity contribution is -0.138. The Morgan fingerprint density at radius 1 is 1.44 bits per heavy atom. The van der Waals surface area contributed by atoms with E-state index in [4.69, 9.17) is 16.7 Å². The predicted molar refractivity (Wildman–Crippen MR) is 63.8 cm³/mol. The van der Waals surface area contributed by atoms with Crippen LogP contribution in [-0.2, 0) is 10.2 Å². The number of rotatable bonds is 4. The smallest absolute Gasteiger partial charge is 0.304 e. The van der Waals surface area contributed by atoms with Crippen molar-refractivity contribution in [1.82, 2.24) is 0 Å². The molecular formula is C13H15ClO2. The highest BCUT2D eigenvalue weighted by Gasteiger charge is 2.43. The lowest BCUT2D eigenvalue weighted by Gasteiger charge is -2.28. The van der Waals surface area contributed by atoms with Crippen LogP contribution in [0.25, 0.3) is 0 Å². The molecule has 1 fully saturated rings. The van der Waals surface area contributed by atoms with Crippen LogP contribution in [0.1, 0.15) is 31.7 Å². The van der Waals surface area contributed by atoms with E-state index in [0.29, 0.717) is 10.9 Å². The number of hydrogen-bond donors (Lipinski definition) is 1. The van der Waals surface area contributed by atoms with Gasteiger partial charge in [-0.3, -0.25) is 4.79 Å². The summed E-state index contributed by atoms with van der Waals surface area (Å²) < 4.78 is 0. The van der Waals surface area contributed by atoms with Gasteiger partial charge in [0.1, 0.15) is 0 Å². The zero-order valence-electron chi connectivity index (χ0n) is 9.24. The summed E-state index contributed by atoms with van der Waals surface area (Å²) in [5, 5.41) is 9.71. The van der Waals surface area contributed by atoms with E-state index >= 15 is 0 Å². The maximum atomic E-state index is 11.0. The van der Waals surface area contributed by atoms with E-state index in [9.17, 15) is 4.79 Å². The van der Waals surface area contributed by atoms with E-state index in [1.807, 2.05) is 31.2 Å². The zero-order chi connectivity index (χ0) is 11.8. The molecule has 1 atom stereocenters. The number of benzene rings is 1. The van der Waals surface area contributed by atoms with E-state index in [2.05, 4.69) is 0 Å². The minimum Gasteiger partial charge on any atom is -0.481 e. The average Bonchev–Trinajstić information content (AvgIpc) is 3.00. The van der Waals surface area contributed by atoms with Crippen LogP contribution in [0.2, 0.25) is 5.02 Å². The second kappa shape index (κ2) is 4.10. The minimum absolute atomic E-state index is 0.194. The highest BCUT2D eigenvalue weighted by atomic mass is 35.5. The van der Waals surface area contributed by atoms with Crippen LogP contribution in [0.4, 0.5) is 0 Å². The number of carbonyl (C=O) groups is 1. The molecule has 86 valence electrons. The monoisotopic (exact) mass is 238 g/mol. The largest absolute Gasteiger partial charge is 0.481 e. The highest BCUT2D eigenvalue weighted by molar-refractivity contribution is 6.30. The Morgan fingerprint density at radius 3 is 2.44 bits per heavy atom. The lowest BCUT2D eigenvalue weighted by atomic mass is 9.75. The first-order chi connectivity index (χ1) is 7.52. The van der Waals surface area contributed by atoms with E-state index < -0.39 is 5.97 Å². The quantitative estimate of drug-likeness (QED) is 0.872. The van der Waals surface area contributed by atoms with Gasteiger partial charge in [0.25, 0.3) is 0 Å². The summed E-state index contributed by atoms with van der Waals surface area (Å²) in [7, 11) is 0. The Balaban J connectivity index is 2.31. The number of halogens is 1. The Bertz CT molecular complexity index is 395. The van der Waals surface area contributed by atoms with Gasteiger partial charge in [-0.1, -0.05) is 30.7 Å². The molecule has 0 spiro atoms. The van der Waals surface area contributed by atoms with Crippen molar-refractivity contribution in [2.45, 2.75) is 31.6 Å². The maximum Gasteiger partial charge on any atom is 0.304 e. The SMILES string of the molecule is C[C@](CC(=O)O)(c1ccc(Cl)cc1)C1CC1. The fraction of sp³-hybridized carbons (Fsp3) is 0.462. The molecule has 0 radical (unpaired) electrons. The Labute approximate surface area is 100 Å². The van der Waals surface area contributed by atoms with Crippen molar-refractivity contribution in [2.75, 3.05) is 0 Å². The van der Waals surface area contributed by atoms with Gasteiger partial charge in [0.15, 0.2) is 0 Å². The molecule has 2 rings (SSSR count). The van der Waals surface area contributed by atoms with Crippen molar-refractivity contribution in [3.05, 3.63) is 34.9 Å². The molecule has 0 aromatic heterocycles. The molecule has 0 aliphatic heterocycles. The van der Waals surface area contributed by atoms with Crippen LogP contribution in [0.15, 0.2) is 24.3 Å². The summed E-state index contributed by atoms with van der Waals surface area (Å²) in [4.78, 5) is 11.0. The predicted octanol–water partition coefficient (Wildman–Crippen LogP) is 3.48. The molecule has 3 heteroatoms. The zero-order valence-corrected chi connectivity index (χ0v) is 10.00. The van der Waals surface area contributed by atoms with Crippen molar-refractivity contribution in [3.63, 3.8) is 0 Å². The molecular weight excluding hydrogens is 224 g/mol. The molecule has 1 N–H and O–H groups in total. The summed E-state index contributed by atoms with van der Waals surface area (Å²) in [6.45, 7) is 2.04. The minimum atomic E-state index is -0.732. The molecule has 1 saturated carbocycles. The standard InChI is InChI=1S/C13H15ClO2/c1-13(8-12(15)16,9-2-3-9)10-4-6-11(14)7-5-10/h4-7,9H,2-3,8H2,1H3,(H,15,16)/t13-/m1/s1. The van der Waals surface area contributed by atoms with Gasteiger partial charge in [-0.15, -0.1) is 0 Å². The molecule has 2 nitrogen and oxygen atoms in total. The second-order valence-electron chi connectivity index (χ2n) is 4.77. The molecule has 0 bridgehead atoms. The Hall–Kier alpha value is -1.02. The van der Waals surface area contributed by atoms with E-state index in [0.717, 1.165) is 18.4 Å². The molecule has 0 unspecified atom stereocenters. The van der Waals surface area contributed by atoms with Gasteiger partial charge in [0.05, 0.1) is 6.42 Å². The van der Waals surface area contributed by atoms with Crippen LogP contribution in [-0.4, -0.2) is 11.1 Å². The number of aliphatic carboxylic acids is 1. The van der Waals surface area contributed by atoms with Crippen LogP contribution in [0, 0.1) is 5.92 Å². The fourth-order valence-electron chi connectivity index (χ4n) is 2.35. The number of hydrogen-bond acceptors (Lipinski definition) is 1. The van der Waals surface area contributed by atoms with Crippen molar-refractivity contribution in [3.8, 4) is 0 Å². The second-order valence-corrected chi connectivity index (χ2v) is 5.21. The lowest BCUT2D eigenvalue weighted by Crippen LogP contribution is -2.28. The van der Waals surface area contributed by atoms with Gasteiger partial charge in [0, 0.05) is 10.4 Å². The molecule has 0 amide bonds. The Kier molecular flexibility index (Phi) is 2.94. The van der Waals surface area contributed by atoms with E-state index in [-0.39, 0.29) is 11.8 Å². The average molecular weight is 239 g/mol. The molecule has 1 aliphatic rings. The number of carboxylic acids is 1. The van der Waals surface area contributed by atoms with Gasteiger partial charge >= 0.3 is 5.97 Å². The third-order valence-corrected chi connectivity index (χ3v) is 3.75. The van der Waals surface area contributed by atoms with Crippen molar-refractivity contribution in [2.24, 2.45) is 5.92 Å². The first-order valence-electron chi connectivity index (χ1n) is 5.50. The molecule has 1 aromatic carbocycles. The summed E-state index contributed by atoms with van der Waals surface area (Å²) >= 11 is 5.85. The van der Waals surface area contributed by atoms with E-state index in [1.54, 1.807) is 0 Å². The molecule has 1 aliphatic carbocycles. The van der Waals surface area contributed by atoms with E-state index in [1.165, 1.54) is 0 Å². The Morgan fingerprint density at radius 2 is 2.00 bits per heavy atom. The van der Waals surface area contributed by atoms with Crippen LogP contribution >= 0.6 is 11.6 Å². The van der Waals surface area contributed by atoms with Crippen molar-refractivity contribution >= 4 is 17.6 Å². The van der Waals surface area contributed by atoms with Gasteiger partial charge in [-0.2, -0.15) is 0 Å². The summed E-state index contributed by atoms with van der Waals surface area (Å²) in [5.74, 6) is -0.228.